The smallest absolute Gasteiger partial charge is 0.320 e. The number of carbonyl (C=O) groups is 2. The summed E-state index contributed by atoms with van der Waals surface area (Å²) in [6.45, 7) is 3.24. The molecule has 1 aliphatic carbocycles. The van der Waals surface area contributed by atoms with Crippen LogP contribution in [0.2, 0.25) is 0 Å². The fraction of sp³-hybridized carbons (Fsp3) is 0.882. The molecule has 2 saturated heterocycles. The summed E-state index contributed by atoms with van der Waals surface area (Å²) >= 11 is 0. The molecule has 3 rings (SSSR count). The van der Waals surface area contributed by atoms with E-state index in [1.807, 2.05) is 9.80 Å². The number of amides is 1. The van der Waals surface area contributed by atoms with Crippen molar-refractivity contribution in [1.82, 2.24) is 9.80 Å². The van der Waals surface area contributed by atoms with Gasteiger partial charge in [0.05, 0.1) is 6.54 Å². The minimum absolute atomic E-state index is 0.129. The van der Waals surface area contributed by atoms with Crippen LogP contribution in [-0.2, 0) is 9.59 Å². The van der Waals surface area contributed by atoms with Gasteiger partial charge in [0, 0.05) is 18.6 Å². The fourth-order valence-corrected chi connectivity index (χ4v) is 4.74. The van der Waals surface area contributed by atoms with Crippen LogP contribution in [0.5, 0.6) is 0 Å². The third-order valence-electron chi connectivity index (χ3n) is 5.95. The van der Waals surface area contributed by atoms with Crippen molar-refractivity contribution < 1.29 is 14.7 Å². The molecule has 5 heteroatoms. The molecule has 0 aromatic rings. The van der Waals surface area contributed by atoms with Gasteiger partial charge in [-0.2, -0.15) is 0 Å². The summed E-state index contributed by atoms with van der Waals surface area (Å²) in [6.07, 6.45) is 8.61. The molecule has 0 aromatic heterocycles. The second-order valence-corrected chi connectivity index (χ2v) is 7.31. The molecule has 22 heavy (non-hydrogen) atoms. The number of rotatable bonds is 3. The summed E-state index contributed by atoms with van der Waals surface area (Å²) in [7, 11) is 0. The first-order valence-electron chi connectivity index (χ1n) is 8.86. The predicted molar refractivity (Wildman–Crippen MR) is 83.5 cm³/mol. The normalized spacial score (nSPS) is 36.1. The highest BCUT2D eigenvalue weighted by molar-refractivity contribution is 5.80. The molecule has 0 radical (unpaired) electrons. The molecule has 5 nitrogen and oxygen atoms in total. The van der Waals surface area contributed by atoms with Crippen molar-refractivity contribution in [1.29, 1.82) is 0 Å². The van der Waals surface area contributed by atoms with Gasteiger partial charge < -0.3 is 10.0 Å². The van der Waals surface area contributed by atoms with E-state index in [0.717, 1.165) is 45.1 Å². The van der Waals surface area contributed by atoms with Crippen molar-refractivity contribution in [2.45, 2.75) is 76.4 Å². The minimum Gasteiger partial charge on any atom is -0.480 e. The number of aliphatic carboxylic acids is 1. The Morgan fingerprint density at radius 1 is 1.09 bits per heavy atom. The quantitative estimate of drug-likeness (QED) is 0.867. The van der Waals surface area contributed by atoms with E-state index >= 15 is 0 Å². The van der Waals surface area contributed by atoms with E-state index in [0.29, 0.717) is 24.5 Å². The fourth-order valence-electron chi connectivity index (χ4n) is 4.74. The van der Waals surface area contributed by atoms with E-state index in [-0.39, 0.29) is 5.91 Å². The van der Waals surface area contributed by atoms with Crippen LogP contribution in [0.3, 0.4) is 0 Å². The summed E-state index contributed by atoms with van der Waals surface area (Å²) in [5, 5.41) is 9.54. The van der Waals surface area contributed by atoms with Gasteiger partial charge in [0.2, 0.25) is 5.91 Å². The molecule has 3 fully saturated rings. The molecule has 0 spiro atoms. The highest BCUT2D eigenvalue weighted by Gasteiger charge is 2.46. The molecular formula is C17H28N2O3. The second kappa shape index (κ2) is 6.57. The summed E-state index contributed by atoms with van der Waals surface area (Å²) in [4.78, 5) is 28.3. The van der Waals surface area contributed by atoms with Gasteiger partial charge in [-0.15, -0.1) is 0 Å². The van der Waals surface area contributed by atoms with Crippen molar-refractivity contribution in [3.8, 4) is 0 Å². The zero-order valence-corrected chi connectivity index (χ0v) is 13.5. The van der Waals surface area contributed by atoms with Crippen LogP contribution < -0.4 is 0 Å². The number of carboxylic acids is 1. The van der Waals surface area contributed by atoms with Gasteiger partial charge in [0.25, 0.3) is 0 Å². The number of nitrogens with zero attached hydrogens (tertiary/aromatic N) is 2. The van der Waals surface area contributed by atoms with Gasteiger partial charge >= 0.3 is 5.97 Å². The van der Waals surface area contributed by atoms with E-state index in [2.05, 4.69) is 6.92 Å². The molecule has 124 valence electrons. The summed E-state index contributed by atoms with van der Waals surface area (Å²) in [5.74, 6) is -0.153. The minimum atomic E-state index is -0.756. The standard InChI is InChI=1S/C17H28N2O3/c1-12-6-4-5-9-18(12)16(20)11-19-14-8-3-2-7-13(14)10-15(19)17(21)22/h12-15H,2-11H2,1H3,(H,21,22)/t12-,13+,14-,15+/m1/s1. The lowest BCUT2D eigenvalue weighted by Gasteiger charge is -2.37. The Kier molecular flexibility index (Phi) is 4.71. The summed E-state index contributed by atoms with van der Waals surface area (Å²) in [5.41, 5.74) is 0. The number of hydrogen-bond donors (Lipinski definition) is 1. The number of fused-ring (bicyclic) bond motifs is 1. The van der Waals surface area contributed by atoms with Crippen LogP contribution in [0.15, 0.2) is 0 Å². The first-order chi connectivity index (χ1) is 10.6. The van der Waals surface area contributed by atoms with Crippen LogP contribution in [0.1, 0.15) is 58.3 Å². The predicted octanol–water partition coefficient (Wildman–Crippen LogP) is 2.11. The number of likely N-dealkylation sites (tertiary alicyclic amines) is 2. The van der Waals surface area contributed by atoms with E-state index in [1.165, 1.54) is 12.8 Å². The van der Waals surface area contributed by atoms with Gasteiger partial charge in [-0.25, -0.2) is 0 Å². The Bertz CT molecular complexity index is 440. The molecule has 4 atom stereocenters. The van der Waals surface area contributed by atoms with E-state index in [1.54, 1.807) is 0 Å². The molecule has 3 aliphatic rings. The van der Waals surface area contributed by atoms with Gasteiger partial charge in [0.15, 0.2) is 0 Å². The maximum absolute atomic E-state index is 12.7. The lowest BCUT2D eigenvalue weighted by molar-refractivity contribution is -0.145. The first-order valence-corrected chi connectivity index (χ1v) is 8.86. The number of carbonyl (C=O) groups excluding carboxylic acids is 1. The van der Waals surface area contributed by atoms with Crippen LogP contribution in [0.4, 0.5) is 0 Å². The Labute approximate surface area is 132 Å². The largest absolute Gasteiger partial charge is 0.480 e. The third kappa shape index (κ3) is 3.00. The number of hydrogen-bond acceptors (Lipinski definition) is 3. The van der Waals surface area contributed by atoms with Crippen LogP contribution in [-0.4, -0.2) is 58.0 Å². The molecule has 1 N–H and O–H groups in total. The molecular weight excluding hydrogens is 280 g/mol. The lowest BCUT2D eigenvalue weighted by Crippen LogP contribution is -2.51. The van der Waals surface area contributed by atoms with Gasteiger partial charge in [-0.3, -0.25) is 14.5 Å². The molecule has 0 aromatic carbocycles. The van der Waals surface area contributed by atoms with E-state index in [9.17, 15) is 14.7 Å². The van der Waals surface area contributed by atoms with E-state index < -0.39 is 12.0 Å². The second-order valence-electron chi connectivity index (χ2n) is 7.31. The topological polar surface area (TPSA) is 60.9 Å². The van der Waals surface area contributed by atoms with Crippen molar-refractivity contribution >= 4 is 11.9 Å². The molecule has 1 amide bonds. The van der Waals surface area contributed by atoms with Crippen molar-refractivity contribution in [2.75, 3.05) is 13.1 Å². The Morgan fingerprint density at radius 2 is 1.82 bits per heavy atom. The summed E-state index contributed by atoms with van der Waals surface area (Å²) in [6, 6.07) is 0.144. The average Bonchev–Trinajstić information content (AvgIpc) is 2.87. The maximum atomic E-state index is 12.7. The maximum Gasteiger partial charge on any atom is 0.320 e. The Balaban J connectivity index is 1.70. The molecule has 2 heterocycles. The van der Waals surface area contributed by atoms with Crippen molar-refractivity contribution in [2.24, 2.45) is 5.92 Å². The summed E-state index contributed by atoms with van der Waals surface area (Å²) < 4.78 is 0. The number of piperidine rings is 1. The van der Waals surface area contributed by atoms with Crippen molar-refractivity contribution in [3.63, 3.8) is 0 Å². The average molecular weight is 308 g/mol. The molecule has 1 saturated carbocycles. The van der Waals surface area contributed by atoms with Crippen LogP contribution in [0, 0.1) is 5.92 Å². The molecule has 0 bridgehead atoms. The molecule has 0 unspecified atom stereocenters. The highest BCUT2D eigenvalue weighted by Crippen LogP contribution is 2.39. The van der Waals surface area contributed by atoms with Crippen molar-refractivity contribution in [3.05, 3.63) is 0 Å². The lowest BCUT2D eigenvalue weighted by atomic mass is 9.85. The van der Waals surface area contributed by atoms with Crippen LogP contribution in [0.25, 0.3) is 0 Å². The number of carboxylic acid groups (broad SMARTS) is 1. The van der Waals surface area contributed by atoms with E-state index in [4.69, 9.17) is 0 Å². The zero-order valence-electron chi connectivity index (χ0n) is 13.5. The van der Waals surface area contributed by atoms with Gasteiger partial charge in [0.1, 0.15) is 6.04 Å². The monoisotopic (exact) mass is 308 g/mol. The zero-order chi connectivity index (χ0) is 15.7. The first kappa shape index (κ1) is 15.8. The highest BCUT2D eigenvalue weighted by atomic mass is 16.4. The Morgan fingerprint density at radius 3 is 2.55 bits per heavy atom. The SMILES string of the molecule is C[C@@H]1CCCCN1C(=O)CN1[C@@H]2CCCC[C@H]2C[C@H]1C(=O)O. The Hall–Kier alpha value is -1.10. The van der Waals surface area contributed by atoms with Gasteiger partial charge in [-0.1, -0.05) is 12.8 Å². The third-order valence-corrected chi connectivity index (χ3v) is 5.95. The van der Waals surface area contributed by atoms with Gasteiger partial charge in [-0.05, 0) is 51.4 Å². The molecule has 2 aliphatic heterocycles. The van der Waals surface area contributed by atoms with Crippen LogP contribution >= 0.6 is 0 Å².